The average Bonchev–Trinajstić information content (AvgIpc) is 3.20. The van der Waals surface area contributed by atoms with E-state index in [9.17, 15) is 4.79 Å². The molecule has 18 heavy (non-hydrogen) atoms. The maximum absolute atomic E-state index is 11.9. The van der Waals surface area contributed by atoms with E-state index < -0.39 is 0 Å². The van der Waals surface area contributed by atoms with E-state index in [1.165, 1.54) is 5.56 Å². The van der Waals surface area contributed by atoms with Crippen molar-refractivity contribution in [2.24, 2.45) is 5.92 Å². The number of hydrogen-bond donors (Lipinski definition) is 2. The van der Waals surface area contributed by atoms with Crippen LogP contribution in [-0.4, -0.2) is 25.5 Å². The fourth-order valence-electron chi connectivity index (χ4n) is 2.26. The minimum Gasteiger partial charge on any atom is -0.355 e. The molecule has 0 aromatic heterocycles. The van der Waals surface area contributed by atoms with Crippen LogP contribution in [0.1, 0.15) is 31.2 Å². The van der Waals surface area contributed by atoms with Crippen molar-refractivity contribution in [1.29, 1.82) is 0 Å². The second-order valence-electron chi connectivity index (χ2n) is 4.90. The Bertz CT molecular complexity index is 377. The van der Waals surface area contributed by atoms with Crippen molar-refractivity contribution in [2.75, 3.05) is 19.6 Å². The number of hydrogen-bond acceptors (Lipinski definition) is 2. The molecule has 0 aliphatic heterocycles. The van der Waals surface area contributed by atoms with Gasteiger partial charge in [0, 0.05) is 19.0 Å². The number of carbonyl (C=O) groups excluding carboxylic acids is 1. The van der Waals surface area contributed by atoms with Crippen molar-refractivity contribution in [3.8, 4) is 0 Å². The molecule has 3 nitrogen and oxygen atoms in total. The van der Waals surface area contributed by atoms with Crippen molar-refractivity contribution in [2.45, 2.75) is 25.7 Å². The summed E-state index contributed by atoms with van der Waals surface area (Å²) in [5.74, 6) is 0.843. The fraction of sp³-hybridized carbons (Fsp3) is 0.533. The molecule has 2 unspecified atom stereocenters. The van der Waals surface area contributed by atoms with Crippen LogP contribution in [0.3, 0.4) is 0 Å². The first-order chi connectivity index (χ1) is 8.83. The Kier molecular flexibility index (Phi) is 4.76. The monoisotopic (exact) mass is 246 g/mol. The molecule has 2 N–H and O–H groups in total. The topological polar surface area (TPSA) is 41.1 Å². The van der Waals surface area contributed by atoms with E-state index >= 15 is 0 Å². The summed E-state index contributed by atoms with van der Waals surface area (Å²) in [5, 5.41) is 6.28. The predicted molar refractivity (Wildman–Crippen MR) is 73.5 cm³/mol. The van der Waals surface area contributed by atoms with Crippen LogP contribution in [0.4, 0.5) is 0 Å². The molecule has 1 aromatic rings. The van der Waals surface area contributed by atoms with Crippen LogP contribution in [0, 0.1) is 5.92 Å². The highest BCUT2D eigenvalue weighted by molar-refractivity contribution is 5.82. The van der Waals surface area contributed by atoms with Crippen molar-refractivity contribution in [3.05, 3.63) is 35.9 Å². The highest BCUT2D eigenvalue weighted by Crippen LogP contribution is 2.47. The van der Waals surface area contributed by atoms with Crippen molar-refractivity contribution in [3.63, 3.8) is 0 Å². The molecule has 98 valence electrons. The first kappa shape index (κ1) is 13.1. The molecule has 1 amide bonds. The van der Waals surface area contributed by atoms with E-state index in [0.717, 1.165) is 32.5 Å². The van der Waals surface area contributed by atoms with Gasteiger partial charge in [-0.15, -0.1) is 0 Å². The number of amides is 1. The zero-order chi connectivity index (χ0) is 12.8. The molecular formula is C15H22N2O. The van der Waals surface area contributed by atoms with Crippen molar-refractivity contribution >= 4 is 5.91 Å². The van der Waals surface area contributed by atoms with Gasteiger partial charge in [0.05, 0.1) is 0 Å². The summed E-state index contributed by atoms with van der Waals surface area (Å²) in [7, 11) is 0. The van der Waals surface area contributed by atoms with Crippen LogP contribution >= 0.6 is 0 Å². The van der Waals surface area contributed by atoms with E-state index in [1.54, 1.807) is 0 Å². The minimum absolute atomic E-state index is 0.193. The van der Waals surface area contributed by atoms with E-state index in [0.29, 0.717) is 5.92 Å². The molecule has 0 bridgehead atoms. The standard InChI is InChI=1S/C15H22N2O/c1-2-8-16-9-10-17-15(18)14-11-13(14)12-6-4-3-5-7-12/h3-7,13-14,16H,2,8-11H2,1H3,(H,17,18). The summed E-state index contributed by atoms with van der Waals surface area (Å²) in [5.41, 5.74) is 1.29. The van der Waals surface area contributed by atoms with Crippen LogP contribution in [0.15, 0.2) is 30.3 Å². The second kappa shape index (κ2) is 6.55. The Morgan fingerprint density at radius 2 is 2.00 bits per heavy atom. The zero-order valence-electron chi connectivity index (χ0n) is 11.0. The van der Waals surface area contributed by atoms with Gasteiger partial charge in [-0.25, -0.2) is 0 Å². The zero-order valence-corrected chi connectivity index (χ0v) is 11.0. The summed E-state index contributed by atoms with van der Waals surface area (Å²) in [6, 6.07) is 10.3. The van der Waals surface area contributed by atoms with Gasteiger partial charge in [-0.1, -0.05) is 37.3 Å². The fourth-order valence-corrected chi connectivity index (χ4v) is 2.26. The predicted octanol–water partition coefficient (Wildman–Crippen LogP) is 1.91. The molecule has 2 rings (SSSR count). The van der Waals surface area contributed by atoms with Gasteiger partial charge in [0.15, 0.2) is 0 Å². The highest BCUT2D eigenvalue weighted by atomic mass is 16.2. The van der Waals surface area contributed by atoms with Crippen LogP contribution in [-0.2, 0) is 4.79 Å². The highest BCUT2D eigenvalue weighted by Gasteiger charge is 2.43. The van der Waals surface area contributed by atoms with Crippen LogP contribution in [0.25, 0.3) is 0 Å². The molecular weight excluding hydrogens is 224 g/mol. The van der Waals surface area contributed by atoms with Gasteiger partial charge in [0.1, 0.15) is 0 Å². The largest absolute Gasteiger partial charge is 0.355 e. The molecule has 1 aromatic carbocycles. The lowest BCUT2D eigenvalue weighted by molar-refractivity contribution is -0.122. The van der Waals surface area contributed by atoms with Gasteiger partial charge in [-0.3, -0.25) is 4.79 Å². The summed E-state index contributed by atoms with van der Waals surface area (Å²) < 4.78 is 0. The SMILES string of the molecule is CCCNCCNC(=O)C1CC1c1ccccc1. The molecule has 0 saturated heterocycles. The van der Waals surface area contributed by atoms with Gasteiger partial charge >= 0.3 is 0 Å². The lowest BCUT2D eigenvalue weighted by atomic mass is 10.1. The van der Waals surface area contributed by atoms with E-state index in [-0.39, 0.29) is 11.8 Å². The molecule has 3 heteroatoms. The summed E-state index contributed by atoms with van der Waals surface area (Å²) in [4.78, 5) is 11.9. The van der Waals surface area contributed by atoms with Gasteiger partial charge in [0.25, 0.3) is 0 Å². The van der Waals surface area contributed by atoms with Crippen molar-refractivity contribution in [1.82, 2.24) is 10.6 Å². The summed E-state index contributed by atoms with van der Waals surface area (Å²) in [6.45, 7) is 4.76. The van der Waals surface area contributed by atoms with Crippen LogP contribution in [0.5, 0.6) is 0 Å². The first-order valence-corrected chi connectivity index (χ1v) is 6.86. The molecule has 0 radical (unpaired) electrons. The van der Waals surface area contributed by atoms with Gasteiger partial charge in [-0.2, -0.15) is 0 Å². The third-order valence-corrected chi connectivity index (χ3v) is 3.38. The maximum Gasteiger partial charge on any atom is 0.223 e. The molecule has 0 heterocycles. The molecule has 0 spiro atoms. The minimum atomic E-state index is 0.193. The van der Waals surface area contributed by atoms with Gasteiger partial charge in [0.2, 0.25) is 5.91 Å². The average molecular weight is 246 g/mol. The van der Waals surface area contributed by atoms with E-state index in [1.807, 2.05) is 18.2 Å². The lowest BCUT2D eigenvalue weighted by Crippen LogP contribution is -2.33. The smallest absolute Gasteiger partial charge is 0.223 e. The second-order valence-corrected chi connectivity index (χ2v) is 4.90. The molecule has 1 aliphatic rings. The Hall–Kier alpha value is -1.35. The molecule has 1 saturated carbocycles. The molecule has 2 atom stereocenters. The quantitative estimate of drug-likeness (QED) is 0.722. The first-order valence-electron chi connectivity index (χ1n) is 6.86. The number of carbonyl (C=O) groups is 1. The number of benzene rings is 1. The Morgan fingerprint density at radius 1 is 1.22 bits per heavy atom. The number of nitrogens with one attached hydrogen (secondary N) is 2. The Balaban J connectivity index is 1.67. The normalized spacial score (nSPS) is 21.6. The molecule has 1 fully saturated rings. The van der Waals surface area contributed by atoms with Gasteiger partial charge < -0.3 is 10.6 Å². The van der Waals surface area contributed by atoms with Crippen LogP contribution in [0.2, 0.25) is 0 Å². The third kappa shape index (κ3) is 3.57. The van der Waals surface area contributed by atoms with Gasteiger partial charge in [-0.05, 0) is 30.9 Å². The number of rotatable bonds is 7. The maximum atomic E-state index is 11.9. The Morgan fingerprint density at radius 3 is 2.72 bits per heavy atom. The third-order valence-electron chi connectivity index (χ3n) is 3.38. The van der Waals surface area contributed by atoms with E-state index in [4.69, 9.17) is 0 Å². The summed E-state index contributed by atoms with van der Waals surface area (Å²) >= 11 is 0. The lowest BCUT2D eigenvalue weighted by Gasteiger charge is -2.06. The van der Waals surface area contributed by atoms with Crippen LogP contribution < -0.4 is 10.6 Å². The van der Waals surface area contributed by atoms with E-state index in [2.05, 4.69) is 29.7 Å². The molecule has 1 aliphatic carbocycles. The van der Waals surface area contributed by atoms with Crippen molar-refractivity contribution < 1.29 is 4.79 Å². The Labute approximate surface area is 109 Å². The summed E-state index contributed by atoms with van der Waals surface area (Å²) in [6.07, 6.45) is 2.13.